The van der Waals surface area contributed by atoms with E-state index in [1.165, 1.54) is 24.3 Å². The van der Waals surface area contributed by atoms with Gasteiger partial charge in [0.25, 0.3) is 0 Å². The summed E-state index contributed by atoms with van der Waals surface area (Å²) in [5.74, 6) is -3.38. The zero-order valence-electron chi connectivity index (χ0n) is 20.9. The third-order valence-corrected chi connectivity index (χ3v) is 7.10. The van der Waals surface area contributed by atoms with E-state index in [2.05, 4.69) is 0 Å². The monoisotopic (exact) mass is 512 g/mol. The van der Waals surface area contributed by atoms with Crippen molar-refractivity contribution in [3.05, 3.63) is 142 Å². The van der Waals surface area contributed by atoms with Gasteiger partial charge in [0.1, 0.15) is 17.7 Å². The Bertz CT molecular complexity index is 1470. The molecule has 4 nitrogen and oxygen atoms in total. The number of fused-ring (bicyclic) bond motifs is 1. The summed E-state index contributed by atoms with van der Waals surface area (Å²) in [4.78, 5) is 26.5. The van der Waals surface area contributed by atoms with E-state index in [0.29, 0.717) is 22.3 Å². The largest absolute Gasteiger partial charge is 0.454 e. The predicted octanol–water partition coefficient (Wildman–Crippen LogP) is 6.97. The summed E-state index contributed by atoms with van der Waals surface area (Å²) in [6.07, 6.45) is -1.99. The van der Waals surface area contributed by atoms with E-state index < -0.39 is 47.6 Å². The van der Waals surface area contributed by atoms with Gasteiger partial charge in [0, 0.05) is 5.92 Å². The zero-order chi connectivity index (χ0) is 26.8. The molecule has 6 heteroatoms. The topological polar surface area (TPSA) is 52.6 Å². The van der Waals surface area contributed by atoms with Crippen LogP contribution in [0, 0.1) is 18.6 Å². The summed E-state index contributed by atoms with van der Waals surface area (Å²) in [6.45, 7) is 3.66. The van der Waals surface area contributed by atoms with E-state index in [9.17, 15) is 18.4 Å². The lowest BCUT2D eigenvalue weighted by molar-refractivity contribution is -0.0533. The predicted molar refractivity (Wildman–Crippen MR) is 139 cm³/mol. The van der Waals surface area contributed by atoms with Crippen LogP contribution in [0.3, 0.4) is 0 Å². The van der Waals surface area contributed by atoms with Crippen molar-refractivity contribution in [3.63, 3.8) is 0 Å². The molecule has 0 bridgehead atoms. The van der Waals surface area contributed by atoms with Gasteiger partial charge in [-0.1, -0.05) is 55.5 Å². The minimum atomic E-state index is -1.06. The molecule has 4 unspecified atom stereocenters. The number of carbonyl (C=O) groups is 2. The highest BCUT2D eigenvalue weighted by Crippen LogP contribution is 2.46. The van der Waals surface area contributed by atoms with Crippen LogP contribution < -0.4 is 0 Å². The number of esters is 2. The maximum Gasteiger partial charge on any atom is 0.338 e. The zero-order valence-corrected chi connectivity index (χ0v) is 20.9. The van der Waals surface area contributed by atoms with Crippen LogP contribution >= 0.6 is 0 Å². The van der Waals surface area contributed by atoms with Crippen molar-refractivity contribution in [1.82, 2.24) is 0 Å². The maximum absolute atomic E-state index is 14.6. The van der Waals surface area contributed by atoms with Crippen LogP contribution in [0.15, 0.2) is 97.1 Å². The Morgan fingerprint density at radius 1 is 0.632 bits per heavy atom. The SMILES string of the molecule is Cc1ccc(F)cc1C1c2cc(F)ccc2C(C)C(OC(=O)c2ccccc2)C1OC(=O)c1ccccc1. The molecular formula is C32H26F2O4. The Kier molecular flexibility index (Phi) is 7.05. The summed E-state index contributed by atoms with van der Waals surface area (Å²) in [7, 11) is 0. The van der Waals surface area contributed by atoms with Crippen molar-refractivity contribution in [2.24, 2.45) is 0 Å². The molecule has 0 saturated carbocycles. The van der Waals surface area contributed by atoms with Crippen molar-refractivity contribution >= 4 is 11.9 Å². The van der Waals surface area contributed by atoms with Gasteiger partial charge in [0.15, 0.2) is 6.10 Å². The first kappa shape index (κ1) is 25.3. The summed E-state index contributed by atoms with van der Waals surface area (Å²) < 4.78 is 41.3. The Balaban J connectivity index is 1.66. The molecule has 4 atom stereocenters. The molecule has 0 aromatic heterocycles. The van der Waals surface area contributed by atoms with E-state index in [4.69, 9.17) is 9.47 Å². The summed E-state index contributed by atoms with van der Waals surface area (Å²) in [5.41, 5.74) is 3.21. The average Bonchev–Trinajstić information content (AvgIpc) is 2.93. The first-order valence-electron chi connectivity index (χ1n) is 12.4. The molecule has 0 radical (unpaired) electrons. The fourth-order valence-corrected chi connectivity index (χ4v) is 5.18. The standard InChI is InChI=1S/C32H26F2O4/c1-19-13-14-23(33)17-26(19)28-27-18-24(34)15-16-25(27)20(2)29(37-31(35)21-9-5-3-6-10-21)30(28)38-32(36)22-11-7-4-8-12-22/h3-18,20,28-30H,1-2H3. The van der Waals surface area contributed by atoms with Crippen LogP contribution in [0.5, 0.6) is 0 Å². The van der Waals surface area contributed by atoms with Crippen LogP contribution in [-0.2, 0) is 9.47 Å². The van der Waals surface area contributed by atoms with Crippen molar-refractivity contribution in [2.45, 2.75) is 37.9 Å². The molecule has 192 valence electrons. The van der Waals surface area contributed by atoms with Gasteiger partial charge in [-0.15, -0.1) is 0 Å². The molecule has 0 amide bonds. The Morgan fingerprint density at radius 2 is 1.13 bits per heavy atom. The number of rotatable bonds is 5. The van der Waals surface area contributed by atoms with Gasteiger partial charge in [-0.05, 0) is 77.7 Å². The van der Waals surface area contributed by atoms with Crippen molar-refractivity contribution in [1.29, 1.82) is 0 Å². The fourth-order valence-electron chi connectivity index (χ4n) is 5.18. The molecule has 1 aliphatic carbocycles. The van der Waals surface area contributed by atoms with Gasteiger partial charge in [0.05, 0.1) is 17.0 Å². The third kappa shape index (κ3) is 4.94. The fraction of sp³-hybridized carbons (Fsp3) is 0.188. The molecule has 5 rings (SSSR count). The summed E-state index contributed by atoms with van der Waals surface area (Å²) in [6, 6.07) is 25.7. The Hall–Kier alpha value is -4.32. The second-order valence-corrected chi connectivity index (χ2v) is 9.51. The van der Waals surface area contributed by atoms with Gasteiger partial charge in [-0.3, -0.25) is 0 Å². The Labute approximate surface area is 219 Å². The van der Waals surface area contributed by atoms with Crippen LogP contribution in [0.4, 0.5) is 8.78 Å². The number of carbonyl (C=O) groups excluding carboxylic acids is 2. The molecule has 38 heavy (non-hydrogen) atoms. The van der Waals surface area contributed by atoms with Crippen molar-refractivity contribution in [3.8, 4) is 0 Å². The van der Waals surface area contributed by atoms with Gasteiger partial charge in [0.2, 0.25) is 0 Å². The minimum Gasteiger partial charge on any atom is -0.454 e. The highest BCUT2D eigenvalue weighted by atomic mass is 19.1. The number of benzene rings is 4. The molecule has 0 heterocycles. The number of aryl methyl sites for hydroxylation is 1. The van der Waals surface area contributed by atoms with Gasteiger partial charge >= 0.3 is 11.9 Å². The molecular weight excluding hydrogens is 486 g/mol. The van der Waals surface area contributed by atoms with E-state index in [-0.39, 0.29) is 0 Å². The molecule has 4 aromatic carbocycles. The Morgan fingerprint density at radius 3 is 1.71 bits per heavy atom. The quantitative estimate of drug-likeness (QED) is 0.271. The van der Waals surface area contributed by atoms with Gasteiger partial charge in [-0.25, -0.2) is 18.4 Å². The average molecular weight is 513 g/mol. The lowest BCUT2D eigenvalue weighted by atomic mass is 9.70. The second kappa shape index (κ2) is 10.6. The third-order valence-electron chi connectivity index (χ3n) is 7.10. The number of ether oxygens (including phenoxy) is 2. The summed E-state index contributed by atoms with van der Waals surface area (Å²) in [5, 5.41) is 0. The number of halogens is 2. The van der Waals surface area contributed by atoms with Gasteiger partial charge < -0.3 is 9.47 Å². The molecule has 1 aliphatic rings. The first-order chi connectivity index (χ1) is 18.3. The van der Waals surface area contributed by atoms with Crippen LogP contribution in [0.2, 0.25) is 0 Å². The summed E-state index contributed by atoms with van der Waals surface area (Å²) >= 11 is 0. The van der Waals surface area contributed by atoms with E-state index in [1.807, 2.05) is 13.8 Å². The molecule has 0 saturated heterocycles. The molecule has 0 spiro atoms. The van der Waals surface area contributed by atoms with Crippen LogP contribution in [-0.4, -0.2) is 24.1 Å². The number of hydrogen-bond acceptors (Lipinski definition) is 4. The molecule has 0 N–H and O–H groups in total. The highest BCUT2D eigenvalue weighted by molar-refractivity contribution is 5.90. The highest BCUT2D eigenvalue weighted by Gasteiger charge is 2.47. The lowest BCUT2D eigenvalue weighted by Crippen LogP contribution is -2.47. The van der Waals surface area contributed by atoms with E-state index >= 15 is 0 Å². The normalized spacial score (nSPS) is 20.3. The first-order valence-corrected chi connectivity index (χ1v) is 12.4. The smallest absolute Gasteiger partial charge is 0.338 e. The number of hydrogen-bond donors (Lipinski definition) is 0. The van der Waals surface area contributed by atoms with Crippen LogP contribution in [0.25, 0.3) is 0 Å². The van der Waals surface area contributed by atoms with Crippen molar-refractivity contribution < 1.29 is 27.8 Å². The minimum absolute atomic E-state index is 0.313. The second-order valence-electron chi connectivity index (χ2n) is 9.51. The lowest BCUT2D eigenvalue weighted by Gasteiger charge is -2.42. The van der Waals surface area contributed by atoms with E-state index in [1.54, 1.807) is 72.8 Å². The van der Waals surface area contributed by atoms with Crippen LogP contribution in [0.1, 0.15) is 61.7 Å². The maximum atomic E-state index is 14.6. The molecule has 0 aliphatic heterocycles. The van der Waals surface area contributed by atoms with Crippen molar-refractivity contribution in [2.75, 3.05) is 0 Å². The molecule has 0 fully saturated rings. The van der Waals surface area contributed by atoms with E-state index in [0.717, 1.165) is 11.1 Å². The van der Waals surface area contributed by atoms with Gasteiger partial charge in [-0.2, -0.15) is 0 Å². The molecule has 4 aromatic rings.